The molecule has 1 unspecified atom stereocenters. The summed E-state index contributed by atoms with van der Waals surface area (Å²) < 4.78 is 27.4. The van der Waals surface area contributed by atoms with E-state index in [1.807, 2.05) is 6.07 Å². The minimum absolute atomic E-state index is 0.0873. The van der Waals surface area contributed by atoms with E-state index in [2.05, 4.69) is 25.5 Å². The van der Waals surface area contributed by atoms with Crippen LogP contribution in [0.5, 0.6) is 0 Å². The molecule has 10 heteroatoms. The summed E-state index contributed by atoms with van der Waals surface area (Å²) in [4.78, 5) is 35.4. The van der Waals surface area contributed by atoms with Crippen molar-refractivity contribution in [3.63, 3.8) is 0 Å². The summed E-state index contributed by atoms with van der Waals surface area (Å²) >= 11 is 0. The number of aromatic nitrogens is 2. The Bertz CT molecular complexity index is 1520. The van der Waals surface area contributed by atoms with Crippen LogP contribution < -0.4 is 10.6 Å². The van der Waals surface area contributed by atoms with E-state index >= 15 is 0 Å². The van der Waals surface area contributed by atoms with Gasteiger partial charge in [-0.3, -0.25) is 4.79 Å². The zero-order valence-corrected chi connectivity index (χ0v) is 21.0. The van der Waals surface area contributed by atoms with Gasteiger partial charge in [-0.15, -0.1) is 0 Å². The second kappa shape index (κ2) is 11.5. The first-order chi connectivity index (χ1) is 18.9. The lowest BCUT2D eigenvalue weighted by molar-refractivity contribution is 0.0698. The van der Waals surface area contributed by atoms with E-state index in [0.29, 0.717) is 34.9 Å². The van der Waals surface area contributed by atoms with Crippen molar-refractivity contribution in [2.45, 2.75) is 25.3 Å². The smallest absolute Gasteiger partial charge is 0.337 e. The van der Waals surface area contributed by atoms with E-state index in [9.17, 15) is 23.5 Å². The normalized spacial score (nSPS) is 14.3. The summed E-state index contributed by atoms with van der Waals surface area (Å²) in [5.74, 6) is -2.96. The molecular weight excluding hydrogens is 504 g/mol. The first-order valence-corrected chi connectivity index (χ1v) is 12.7. The highest BCUT2D eigenvalue weighted by molar-refractivity contribution is 6.05. The Labute approximate surface area is 223 Å². The number of aromatic carboxylic acids is 1. The van der Waals surface area contributed by atoms with Crippen molar-refractivity contribution in [1.29, 1.82) is 0 Å². The maximum Gasteiger partial charge on any atom is 0.337 e. The number of nitrogens with one attached hydrogen (secondary N) is 2. The molecule has 1 saturated heterocycles. The van der Waals surface area contributed by atoms with Crippen LogP contribution in [0.15, 0.2) is 67.0 Å². The number of carbonyl (C=O) groups excluding carboxylic acids is 1. The Hall–Kier alpha value is -4.44. The minimum Gasteiger partial charge on any atom is -0.478 e. The molecule has 0 bridgehead atoms. The van der Waals surface area contributed by atoms with Gasteiger partial charge in [0.25, 0.3) is 5.91 Å². The zero-order valence-electron chi connectivity index (χ0n) is 21.0. The van der Waals surface area contributed by atoms with Crippen molar-refractivity contribution < 1.29 is 23.5 Å². The molecule has 1 atom stereocenters. The molecule has 3 aromatic carbocycles. The van der Waals surface area contributed by atoms with Gasteiger partial charge in [0.2, 0.25) is 0 Å². The molecule has 0 radical (unpaired) electrons. The van der Waals surface area contributed by atoms with Gasteiger partial charge >= 0.3 is 5.97 Å². The van der Waals surface area contributed by atoms with Crippen LogP contribution in [0.3, 0.4) is 0 Å². The number of anilines is 2. The summed E-state index contributed by atoms with van der Waals surface area (Å²) in [6.07, 6.45) is 4.37. The third kappa shape index (κ3) is 6.01. The topological polar surface area (TPSA) is 107 Å². The second-order valence-corrected chi connectivity index (χ2v) is 9.47. The highest BCUT2D eigenvalue weighted by Gasteiger charge is 2.20. The number of carboxylic acid groups (broad SMARTS) is 1. The van der Waals surface area contributed by atoms with E-state index in [4.69, 9.17) is 0 Å². The molecule has 3 N–H and O–H groups in total. The maximum atomic E-state index is 14.1. The average molecular weight is 532 g/mol. The summed E-state index contributed by atoms with van der Waals surface area (Å²) in [5, 5.41) is 16.3. The molecule has 1 aromatic heterocycles. The number of hydrogen-bond acceptors (Lipinski definition) is 6. The standard InChI is InChI=1S/C29H27F2N5O3/c30-19-9-10-21(24(31)16-19)28(37)34-20-6-3-5-18(15-20)25(11-14-36-12-1-2-13-36)35-27-22-7-4-8-23(29(38)39)26(22)32-17-33-27/h3-10,15-17,25H,1-2,11-14H2,(H,34,37)(H,38,39)(H,32,33,35). The molecule has 4 aromatic rings. The van der Waals surface area contributed by atoms with E-state index in [-0.39, 0.29) is 17.2 Å². The molecular formula is C29H27F2N5O3. The molecule has 0 spiro atoms. The highest BCUT2D eigenvalue weighted by atomic mass is 19.1. The molecule has 5 rings (SSSR count). The Balaban J connectivity index is 1.44. The van der Waals surface area contributed by atoms with Crippen molar-refractivity contribution in [2.75, 3.05) is 30.3 Å². The Morgan fingerprint density at radius 1 is 0.974 bits per heavy atom. The van der Waals surface area contributed by atoms with Crippen LogP contribution in [0, 0.1) is 11.6 Å². The number of hydrogen-bond donors (Lipinski definition) is 3. The van der Waals surface area contributed by atoms with Gasteiger partial charge in [0, 0.05) is 23.7 Å². The van der Waals surface area contributed by atoms with Crippen molar-refractivity contribution in [2.24, 2.45) is 0 Å². The molecule has 1 aliphatic heterocycles. The Morgan fingerprint density at radius 2 is 1.77 bits per heavy atom. The Kier molecular flexibility index (Phi) is 7.74. The van der Waals surface area contributed by atoms with E-state index < -0.39 is 23.5 Å². The van der Waals surface area contributed by atoms with E-state index in [1.54, 1.807) is 30.3 Å². The van der Waals surface area contributed by atoms with Gasteiger partial charge in [0.15, 0.2) is 0 Å². The van der Waals surface area contributed by atoms with Gasteiger partial charge in [-0.05, 0) is 74.3 Å². The fourth-order valence-electron chi connectivity index (χ4n) is 4.89. The molecule has 1 amide bonds. The van der Waals surface area contributed by atoms with Gasteiger partial charge in [0.1, 0.15) is 23.8 Å². The molecule has 8 nitrogen and oxygen atoms in total. The molecule has 0 saturated carbocycles. The summed E-state index contributed by atoms with van der Waals surface area (Å²) in [5.41, 5.74) is 1.47. The minimum atomic E-state index is -1.07. The zero-order chi connectivity index (χ0) is 27.4. The summed E-state index contributed by atoms with van der Waals surface area (Å²) in [6.45, 7) is 2.90. The molecule has 1 aliphatic rings. The van der Waals surface area contributed by atoms with Crippen LogP contribution in [0.1, 0.15) is 51.6 Å². The van der Waals surface area contributed by atoms with Gasteiger partial charge in [0.05, 0.1) is 22.7 Å². The van der Waals surface area contributed by atoms with Crippen LogP contribution in [0.25, 0.3) is 10.9 Å². The first-order valence-electron chi connectivity index (χ1n) is 12.7. The van der Waals surface area contributed by atoms with Crippen LogP contribution >= 0.6 is 0 Å². The number of fused-ring (bicyclic) bond motifs is 1. The fraction of sp³-hybridized carbons (Fsp3) is 0.241. The number of carbonyl (C=O) groups is 2. The van der Waals surface area contributed by atoms with Gasteiger partial charge in [-0.25, -0.2) is 23.5 Å². The van der Waals surface area contributed by atoms with Crippen LogP contribution in [0.2, 0.25) is 0 Å². The van der Waals surface area contributed by atoms with Gasteiger partial charge in [-0.1, -0.05) is 18.2 Å². The summed E-state index contributed by atoms with van der Waals surface area (Å²) in [6, 6.07) is 14.7. The maximum absolute atomic E-state index is 14.1. The number of amides is 1. The second-order valence-electron chi connectivity index (χ2n) is 9.47. The molecule has 2 heterocycles. The number of halogens is 2. The monoisotopic (exact) mass is 531 g/mol. The molecule has 1 fully saturated rings. The van der Waals surface area contributed by atoms with E-state index in [0.717, 1.165) is 50.2 Å². The van der Waals surface area contributed by atoms with Crippen molar-refractivity contribution in [3.8, 4) is 0 Å². The lowest BCUT2D eigenvalue weighted by atomic mass is 10.0. The quantitative estimate of drug-likeness (QED) is 0.262. The SMILES string of the molecule is O=C(Nc1cccc(C(CCN2CCCC2)Nc2ncnc3c(C(=O)O)cccc23)c1)c1ccc(F)cc1F. The number of para-hydroxylation sites is 1. The predicted octanol–water partition coefficient (Wildman–Crippen LogP) is 5.50. The average Bonchev–Trinajstić information content (AvgIpc) is 3.44. The molecule has 0 aliphatic carbocycles. The van der Waals surface area contributed by atoms with Crippen LogP contribution in [-0.2, 0) is 0 Å². The predicted molar refractivity (Wildman–Crippen MR) is 144 cm³/mol. The molecule has 200 valence electrons. The Morgan fingerprint density at radius 3 is 2.54 bits per heavy atom. The summed E-state index contributed by atoms with van der Waals surface area (Å²) in [7, 11) is 0. The first kappa shape index (κ1) is 26.2. The van der Waals surface area contributed by atoms with Crippen molar-refractivity contribution >= 4 is 34.3 Å². The lowest BCUT2D eigenvalue weighted by Gasteiger charge is -2.24. The van der Waals surface area contributed by atoms with Crippen molar-refractivity contribution in [1.82, 2.24) is 14.9 Å². The van der Waals surface area contributed by atoms with E-state index in [1.165, 1.54) is 12.4 Å². The number of likely N-dealkylation sites (tertiary alicyclic amines) is 1. The largest absolute Gasteiger partial charge is 0.478 e. The number of carboxylic acids is 1. The third-order valence-corrected chi connectivity index (χ3v) is 6.86. The fourth-order valence-corrected chi connectivity index (χ4v) is 4.89. The molecule has 39 heavy (non-hydrogen) atoms. The third-order valence-electron chi connectivity index (χ3n) is 6.86. The number of nitrogens with zero attached hydrogens (tertiary/aromatic N) is 3. The number of rotatable bonds is 9. The van der Waals surface area contributed by atoms with Gasteiger partial charge in [-0.2, -0.15) is 0 Å². The lowest BCUT2D eigenvalue weighted by Crippen LogP contribution is -2.24. The van der Waals surface area contributed by atoms with Gasteiger partial charge < -0.3 is 20.6 Å². The van der Waals surface area contributed by atoms with Crippen LogP contribution in [0.4, 0.5) is 20.3 Å². The number of benzene rings is 3. The van der Waals surface area contributed by atoms with Crippen molar-refractivity contribution in [3.05, 3.63) is 95.3 Å². The highest BCUT2D eigenvalue weighted by Crippen LogP contribution is 2.29. The van der Waals surface area contributed by atoms with Crippen LogP contribution in [-0.4, -0.2) is 51.5 Å².